The molecule has 0 fully saturated rings. The van der Waals surface area contributed by atoms with Gasteiger partial charge < -0.3 is 5.32 Å². The highest BCUT2D eigenvalue weighted by Crippen LogP contribution is 2.27. The van der Waals surface area contributed by atoms with Crippen LogP contribution in [0.3, 0.4) is 0 Å². The molecule has 2 rings (SSSR count). The minimum Gasteiger partial charge on any atom is -0.322 e. The summed E-state index contributed by atoms with van der Waals surface area (Å²) in [5.74, 6) is -0.468. The Labute approximate surface area is 151 Å². The second-order valence-electron chi connectivity index (χ2n) is 5.32. The molecule has 0 aliphatic carbocycles. The molecule has 1 amide bonds. The van der Waals surface area contributed by atoms with Gasteiger partial charge in [-0.1, -0.05) is 35.3 Å². The number of hydrogen-bond acceptors (Lipinski definition) is 3. The van der Waals surface area contributed by atoms with Gasteiger partial charge >= 0.3 is 0 Å². The van der Waals surface area contributed by atoms with Gasteiger partial charge in [-0.2, -0.15) is 0 Å². The number of hydrogen-bond donors (Lipinski definition) is 1. The smallest absolute Gasteiger partial charge is 0.257 e. The summed E-state index contributed by atoms with van der Waals surface area (Å²) in [5.41, 5.74) is 1.32. The van der Waals surface area contributed by atoms with Gasteiger partial charge in [0.2, 0.25) is 10.0 Å². The number of sulfonamides is 1. The maximum Gasteiger partial charge on any atom is 0.257 e. The van der Waals surface area contributed by atoms with Crippen molar-refractivity contribution in [2.75, 3.05) is 19.4 Å². The van der Waals surface area contributed by atoms with Crippen molar-refractivity contribution in [1.82, 2.24) is 4.31 Å². The molecule has 0 atom stereocenters. The van der Waals surface area contributed by atoms with E-state index in [0.717, 1.165) is 9.87 Å². The summed E-state index contributed by atoms with van der Waals surface area (Å²) in [6, 6.07) is 9.28. The molecule has 24 heavy (non-hydrogen) atoms. The molecule has 0 aliphatic heterocycles. The van der Waals surface area contributed by atoms with Crippen molar-refractivity contribution in [1.29, 1.82) is 0 Å². The van der Waals surface area contributed by atoms with Gasteiger partial charge in [-0.25, -0.2) is 12.7 Å². The van der Waals surface area contributed by atoms with Crippen LogP contribution >= 0.6 is 23.2 Å². The lowest BCUT2D eigenvalue weighted by Crippen LogP contribution is -2.22. The van der Waals surface area contributed by atoms with Crippen LogP contribution in [0.25, 0.3) is 0 Å². The average molecular weight is 387 g/mol. The zero-order valence-corrected chi connectivity index (χ0v) is 15.6. The Kier molecular flexibility index (Phi) is 5.55. The standard InChI is InChI=1S/C16H16Cl2N2O3S/c1-10-7-8-11(24(22,23)20(2)3)9-14(10)19-16(21)12-5-4-6-13(17)15(12)18/h4-9H,1-3H3,(H,19,21). The zero-order valence-electron chi connectivity index (χ0n) is 13.3. The molecular formula is C16H16Cl2N2O3S. The Morgan fingerprint density at radius 3 is 2.42 bits per heavy atom. The van der Waals surface area contributed by atoms with E-state index in [2.05, 4.69) is 5.32 Å². The Hall–Kier alpha value is -1.60. The monoisotopic (exact) mass is 386 g/mol. The third-order valence-corrected chi connectivity index (χ3v) is 6.06. The van der Waals surface area contributed by atoms with Crippen LogP contribution in [0.5, 0.6) is 0 Å². The van der Waals surface area contributed by atoms with E-state index in [1.807, 2.05) is 0 Å². The second-order valence-corrected chi connectivity index (χ2v) is 8.26. The molecule has 2 aromatic rings. The highest BCUT2D eigenvalue weighted by Gasteiger charge is 2.19. The van der Waals surface area contributed by atoms with Gasteiger partial charge in [-0.3, -0.25) is 4.79 Å². The first-order valence-electron chi connectivity index (χ1n) is 6.93. The first-order chi connectivity index (χ1) is 11.1. The fraction of sp³-hybridized carbons (Fsp3) is 0.188. The topological polar surface area (TPSA) is 66.5 Å². The van der Waals surface area contributed by atoms with Crippen molar-refractivity contribution in [3.05, 3.63) is 57.6 Å². The highest BCUT2D eigenvalue weighted by molar-refractivity contribution is 7.89. The van der Waals surface area contributed by atoms with Gasteiger partial charge in [-0.15, -0.1) is 0 Å². The molecule has 0 aliphatic rings. The van der Waals surface area contributed by atoms with Crippen LogP contribution < -0.4 is 5.32 Å². The predicted molar refractivity (Wildman–Crippen MR) is 96.5 cm³/mol. The van der Waals surface area contributed by atoms with Crippen LogP contribution in [0.15, 0.2) is 41.3 Å². The van der Waals surface area contributed by atoms with E-state index < -0.39 is 15.9 Å². The lowest BCUT2D eigenvalue weighted by Gasteiger charge is -2.15. The van der Waals surface area contributed by atoms with E-state index in [1.165, 1.54) is 26.2 Å². The summed E-state index contributed by atoms with van der Waals surface area (Å²) >= 11 is 12.0. The van der Waals surface area contributed by atoms with Crippen LogP contribution in [-0.2, 0) is 10.0 Å². The number of carbonyl (C=O) groups excluding carboxylic acids is 1. The van der Waals surface area contributed by atoms with E-state index in [4.69, 9.17) is 23.2 Å². The fourth-order valence-electron chi connectivity index (χ4n) is 1.98. The molecule has 1 N–H and O–H groups in total. The number of amides is 1. The molecule has 0 heterocycles. The van der Waals surface area contributed by atoms with E-state index in [1.54, 1.807) is 31.2 Å². The van der Waals surface area contributed by atoms with Crippen molar-refractivity contribution in [2.24, 2.45) is 0 Å². The van der Waals surface area contributed by atoms with Gasteiger partial charge in [0, 0.05) is 19.8 Å². The van der Waals surface area contributed by atoms with Crippen LogP contribution in [0.2, 0.25) is 10.0 Å². The highest BCUT2D eigenvalue weighted by atomic mass is 35.5. The third-order valence-electron chi connectivity index (χ3n) is 3.43. The number of nitrogens with one attached hydrogen (secondary N) is 1. The zero-order chi connectivity index (χ0) is 18.1. The predicted octanol–water partition coefficient (Wildman–Crippen LogP) is 3.80. The molecule has 5 nitrogen and oxygen atoms in total. The molecule has 0 unspecified atom stereocenters. The minimum absolute atomic E-state index is 0.0885. The molecule has 2 aromatic carbocycles. The van der Waals surface area contributed by atoms with Crippen molar-refractivity contribution < 1.29 is 13.2 Å². The van der Waals surface area contributed by atoms with E-state index >= 15 is 0 Å². The molecule has 0 saturated carbocycles. The summed E-state index contributed by atoms with van der Waals surface area (Å²) in [6.07, 6.45) is 0. The summed E-state index contributed by atoms with van der Waals surface area (Å²) < 4.78 is 25.6. The first-order valence-corrected chi connectivity index (χ1v) is 9.12. The number of anilines is 1. The van der Waals surface area contributed by atoms with E-state index in [0.29, 0.717) is 5.69 Å². The third kappa shape index (κ3) is 3.72. The number of benzene rings is 2. The molecule has 128 valence electrons. The van der Waals surface area contributed by atoms with Crippen LogP contribution in [0, 0.1) is 6.92 Å². The molecule has 0 aromatic heterocycles. The maximum atomic E-state index is 12.4. The normalized spacial score (nSPS) is 11.6. The van der Waals surface area contributed by atoms with E-state index in [9.17, 15) is 13.2 Å². The van der Waals surface area contributed by atoms with Gasteiger partial charge in [0.15, 0.2) is 0 Å². The summed E-state index contributed by atoms with van der Waals surface area (Å²) in [7, 11) is -0.709. The molecule has 0 saturated heterocycles. The van der Waals surface area contributed by atoms with Crippen molar-refractivity contribution in [3.63, 3.8) is 0 Å². The summed E-state index contributed by atoms with van der Waals surface area (Å²) in [5, 5.41) is 3.09. The Balaban J connectivity index is 2.40. The first kappa shape index (κ1) is 18.7. The number of nitrogens with zero attached hydrogens (tertiary/aromatic N) is 1. The van der Waals surface area contributed by atoms with Crippen molar-refractivity contribution in [3.8, 4) is 0 Å². The lowest BCUT2D eigenvalue weighted by molar-refractivity contribution is 0.102. The summed E-state index contributed by atoms with van der Waals surface area (Å²) in [4.78, 5) is 12.5. The average Bonchev–Trinajstić information content (AvgIpc) is 2.51. The Morgan fingerprint density at radius 1 is 1.12 bits per heavy atom. The second kappa shape index (κ2) is 7.11. The molecule has 0 spiro atoms. The summed E-state index contributed by atoms with van der Waals surface area (Å²) in [6.45, 7) is 1.77. The molecule has 0 radical (unpaired) electrons. The number of aryl methyl sites for hydroxylation is 1. The van der Waals surface area contributed by atoms with Crippen LogP contribution in [-0.4, -0.2) is 32.7 Å². The number of rotatable bonds is 4. The van der Waals surface area contributed by atoms with Gasteiger partial charge in [0.1, 0.15) is 0 Å². The van der Waals surface area contributed by atoms with Crippen molar-refractivity contribution >= 4 is 44.8 Å². The Morgan fingerprint density at radius 2 is 1.79 bits per heavy atom. The van der Waals surface area contributed by atoms with Crippen LogP contribution in [0.4, 0.5) is 5.69 Å². The lowest BCUT2D eigenvalue weighted by atomic mass is 10.1. The van der Waals surface area contributed by atoms with E-state index in [-0.39, 0.29) is 20.5 Å². The van der Waals surface area contributed by atoms with Gasteiger partial charge in [-0.05, 0) is 36.8 Å². The largest absolute Gasteiger partial charge is 0.322 e. The number of carbonyl (C=O) groups is 1. The Bertz CT molecular complexity index is 896. The fourth-order valence-corrected chi connectivity index (χ4v) is 3.29. The quantitative estimate of drug-likeness (QED) is 0.868. The van der Waals surface area contributed by atoms with Crippen LogP contribution in [0.1, 0.15) is 15.9 Å². The molecule has 8 heteroatoms. The van der Waals surface area contributed by atoms with Crippen molar-refractivity contribution in [2.45, 2.75) is 11.8 Å². The molecular weight excluding hydrogens is 371 g/mol. The van der Waals surface area contributed by atoms with Gasteiger partial charge in [0.05, 0.1) is 20.5 Å². The maximum absolute atomic E-state index is 12.4. The van der Waals surface area contributed by atoms with Gasteiger partial charge in [0.25, 0.3) is 5.91 Å². The molecule has 0 bridgehead atoms. The SMILES string of the molecule is Cc1ccc(S(=O)(=O)N(C)C)cc1NC(=O)c1cccc(Cl)c1Cl. The number of halogens is 2. The minimum atomic E-state index is -3.60.